The van der Waals surface area contributed by atoms with E-state index in [9.17, 15) is 24.0 Å². The van der Waals surface area contributed by atoms with Crippen LogP contribution in [0.2, 0.25) is 0 Å². The Kier molecular flexibility index (Phi) is 48.5. The van der Waals surface area contributed by atoms with Gasteiger partial charge in [-0.2, -0.15) is 0 Å². The minimum absolute atomic E-state index is 0.141. The maximum atomic E-state index is 9.60. The van der Waals surface area contributed by atoms with Crippen molar-refractivity contribution >= 4 is 29.8 Å². The minimum Gasteiger partial charge on any atom is -0.478 e. The molecule has 0 saturated carbocycles. The van der Waals surface area contributed by atoms with Crippen LogP contribution in [0, 0.1) is 16.2 Å². The Morgan fingerprint density at radius 3 is 0.623 bits per heavy atom. The summed E-state index contributed by atoms with van der Waals surface area (Å²) in [5.74, 6) is -4.81. The van der Waals surface area contributed by atoms with Crippen LogP contribution in [0.4, 0.5) is 0 Å². The van der Waals surface area contributed by atoms with Gasteiger partial charge in [-0.25, -0.2) is 24.0 Å². The summed E-state index contributed by atoms with van der Waals surface area (Å²) in [6.07, 6.45) is 2.50. The summed E-state index contributed by atoms with van der Waals surface area (Å²) in [4.78, 5) is 46.9. The number of ether oxygens (including phenoxy) is 1. The standard InChI is InChI=1S/C10H22O7.C5H12O4.2C4H6O2.3C3H4O2/c11-1-9(2-12,3-13)7-17-8-10(4-14,5-15)6-16;6-1-5(2-7,3-8)4-9;2*1-3(2)4(5)6;3*1-2-3(4)5/h11-16H,1-8H2;6-9H,1-4H2;2*1H2,2H3,(H,5,6);3*2H,1H2,(H,4,5). The Balaban J connectivity index is -0.000000100. The fourth-order valence-corrected chi connectivity index (χ4v) is 1.36. The molecule has 0 fully saturated rings. The number of hydrogen-bond donors (Lipinski definition) is 15. The molecule has 0 heterocycles. The second-order valence-electron chi connectivity index (χ2n) is 10.4. The first kappa shape index (κ1) is 63.6. The van der Waals surface area contributed by atoms with E-state index < -0.39 is 112 Å². The Labute approximate surface area is 306 Å². The normalized spacial score (nSPS) is 9.74. The van der Waals surface area contributed by atoms with Crippen LogP contribution in [0.1, 0.15) is 13.8 Å². The number of rotatable bonds is 19. The summed E-state index contributed by atoms with van der Waals surface area (Å²) in [6.45, 7) is 13.5. The first-order chi connectivity index (χ1) is 24.4. The maximum Gasteiger partial charge on any atom is 0.330 e. The van der Waals surface area contributed by atoms with E-state index in [1.54, 1.807) is 0 Å². The van der Waals surface area contributed by atoms with Gasteiger partial charge in [-0.1, -0.05) is 32.9 Å². The van der Waals surface area contributed by atoms with Crippen molar-refractivity contribution in [2.45, 2.75) is 13.8 Å². The third-order valence-electron chi connectivity index (χ3n) is 5.42. The minimum atomic E-state index is -1.16. The molecule has 0 spiro atoms. The number of aliphatic hydroxyl groups is 10. The van der Waals surface area contributed by atoms with Crippen molar-refractivity contribution in [3.8, 4) is 0 Å². The molecule has 312 valence electrons. The fraction of sp³-hybridized carbons (Fsp3) is 0.531. The predicted molar refractivity (Wildman–Crippen MR) is 187 cm³/mol. The molecular weight excluding hydrogens is 720 g/mol. The molecule has 0 aromatic carbocycles. The van der Waals surface area contributed by atoms with Crippen LogP contribution in [0.15, 0.2) is 62.3 Å². The van der Waals surface area contributed by atoms with Crippen molar-refractivity contribution < 1.29 is 105 Å². The van der Waals surface area contributed by atoms with Crippen molar-refractivity contribution in [2.24, 2.45) is 16.2 Å². The molecule has 0 aromatic rings. The molecule has 15 N–H and O–H groups in total. The quantitative estimate of drug-likeness (QED) is 0.0579. The highest BCUT2D eigenvalue weighted by Gasteiger charge is 2.33. The number of hydrogen-bond acceptors (Lipinski definition) is 16. The molecular formula is C32H58O21. The summed E-state index contributed by atoms with van der Waals surface area (Å²) in [7, 11) is 0. The van der Waals surface area contributed by atoms with E-state index >= 15 is 0 Å². The Morgan fingerprint density at radius 2 is 0.566 bits per heavy atom. The molecule has 21 nitrogen and oxygen atoms in total. The maximum absolute atomic E-state index is 9.60. The second kappa shape index (κ2) is 40.4. The lowest BCUT2D eigenvalue weighted by molar-refractivity contribution is -0.133. The van der Waals surface area contributed by atoms with Crippen LogP contribution in [0.5, 0.6) is 0 Å². The van der Waals surface area contributed by atoms with Gasteiger partial charge in [0.1, 0.15) is 0 Å². The molecule has 53 heavy (non-hydrogen) atoms. The monoisotopic (exact) mass is 778 g/mol. The van der Waals surface area contributed by atoms with E-state index in [1.807, 2.05) is 0 Å². The molecule has 0 aliphatic carbocycles. The molecule has 0 unspecified atom stereocenters. The van der Waals surface area contributed by atoms with Gasteiger partial charge in [0.05, 0.1) is 95.5 Å². The van der Waals surface area contributed by atoms with Gasteiger partial charge in [-0.05, 0) is 13.8 Å². The Hall–Kier alpha value is -4.39. The summed E-state index contributed by atoms with van der Waals surface area (Å²) in [5.41, 5.74) is -3.08. The number of aliphatic carboxylic acids is 5. The number of carbonyl (C=O) groups is 5. The van der Waals surface area contributed by atoms with Gasteiger partial charge in [-0.15, -0.1) is 0 Å². The lowest BCUT2D eigenvalue weighted by Gasteiger charge is -2.31. The molecule has 0 bridgehead atoms. The summed E-state index contributed by atoms with van der Waals surface area (Å²) >= 11 is 0. The molecule has 0 aliphatic heterocycles. The topological polar surface area (TPSA) is 398 Å². The van der Waals surface area contributed by atoms with Gasteiger partial charge in [0.15, 0.2) is 0 Å². The predicted octanol–water partition coefficient (Wildman–Crippen LogP) is -3.06. The molecule has 0 amide bonds. The number of aliphatic hydroxyl groups excluding tert-OH is 10. The van der Waals surface area contributed by atoms with Crippen LogP contribution in [-0.4, -0.2) is 186 Å². The van der Waals surface area contributed by atoms with Crippen LogP contribution < -0.4 is 0 Å². The summed E-state index contributed by atoms with van der Waals surface area (Å²) in [6, 6.07) is 0. The molecule has 0 radical (unpaired) electrons. The van der Waals surface area contributed by atoms with Crippen molar-refractivity contribution in [2.75, 3.05) is 79.3 Å². The third-order valence-corrected chi connectivity index (χ3v) is 5.42. The highest BCUT2D eigenvalue weighted by molar-refractivity contribution is 5.85. The van der Waals surface area contributed by atoms with Crippen LogP contribution in [0.3, 0.4) is 0 Å². The van der Waals surface area contributed by atoms with E-state index in [-0.39, 0.29) is 24.4 Å². The van der Waals surface area contributed by atoms with Gasteiger partial charge in [-0.3, -0.25) is 0 Å². The van der Waals surface area contributed by atoms with Crippen molar-refractivity contribution in [3.05, 3.63) is 62.3 Å². The molecule has 21 heteroatoms. The van der Waals surface area contributed by atoms with Crippen LogP contribution >= 0.6 is 0 Å². The van der Waals surface area contributed by atoms with Gasteiger partial charge in [0.25, 0.3) is 0 Å². The lowest BCUT2D eigenvalue weighted by atomic mass is 9.91. The largest absolute Gasteiger partial charge is 0.478 e. The van der Waals surface area contributed by atoms with Gasteiger partial charge in [0, 0.05) is 29.4 Å². The molecule has 0 atom stereocenters. The summed E-state index contributed by atoms with van der Waals surface area (Å²) in [5, 5.41) is 127. The SMILES string of the molecule is C=C(C)C(=O)O.C=C(C)C(=O)O.C=CC(=O)O.C=CC(=O)O.C=CC(=O)O.OCC(CO)(CO)CO.OCC(CO)(CO)COCC(CO)(CO)CO. The molecule has 0 rings (SSSR count). The van der Waals surface area contributed by atoms with E-state index in [0.29, 0.717) is 0 Å². The van der Waals surface area contributed by atoms with E-state index in [4.69, 9.17) is 81.3 Å². The zero-order chi connectivity index (χ0) is 43.9. The zero-order valence-corrected chi connectivity index (χ0v) is 29.9. The highest BCUT2D eigenvalue weighted by Crippen LogP contribution is 2.19. The van der Waals surface area contributed by atoms with Crippen molar-refractivity contribution in [1.29, 1.82) is 0 Å². The summed E-state index contributed by atoms with van der Waals surface area (Å²) < 4.78 is 5.15. The van der Waals surface area contributed by atoms with Crippen LogP contribution in [-0.2, 0) is 28.7 Å². The first-order valence-electron chi connectivity index (χ1n) is 14.4. The number of carboxylic acid groups (broad SMARTS) is 5. The Morgan fingerprint density at radius 1 is 0.434 bits per heavy atom. The Bertz CT molecular complexity index is 897. The molecule has 0 aromatic heterocycles. The third kappa shape index (κ3) is 43.7. The average molecular weight is 779 g/mol. The van der Waals surface area contributed by atoms with Crippen molar-refractivity contribution in [3.63, 3.8) is 0 Å². The van der Waals surface area contributed by atoms with Gasteiger partial charge >= 0.3 is 29.8 Å². The highest BCUT2D eigenvalue weighted by atomic mass is 16.5. The average Bonchev–Trinajstić information content (AvgIpc) is 3.15. The van der Waals surface area contributed by atoms with E-state index in [0.717, 1.165) is 18.2 Å². The second-order valence-corrected chi connectivity index (χ2v) is 10.4. The van der Waals surface area contributed by atoms with E-state index in [1.165, 1.54) is 13.8 Å². The van der Waals surface area contributed by atoms with E-state index in [2.05, 4.69) is 32.9 Å². The lowest BCUT2D eigenvalue weighted by Crippen LogP contribution is -2.43. The zero-order valence-electron chi connectivity index (χ0n) is 29.9. The fourth-order valence-electron chi connectivity index (χ4n) is 1.36. The van der Waals surface area contributed by atoms with Crippen LogP contribution in [0.25, 0.3) is 0 Å². The van der Waals surface area contributed by atoms with Crippen molar-refractivity contribution in [1.82, 2.24) is 0 Å². The van der Waals surface area contributed by atoms with Gasteiger partial charge in [0.2, 0.25) is 0 Å². The smallest absolute Gasteiger partial charge is 0.330 e. The molecule has 0 aliphatic rings. The van der Waals surface area contributed by atoms with Gasteiger partial charge < -0.3 is 81.3 Å². The number of carboxylic acids is 5. The molecule has 0 saturated heterocycles. The first-order valence-corrected chi connectivity index (χ1v) is 14.4.